The number of rotatable bonds is 7. The maximum atomic E-state index is 3.38. The molecular formula is C14H26N2. The number of hydrogen-bond donors (Lipinski definition) is 1. The Bertz CT molecular complexity index is 289. The van der Waals surface area contributed by atoms with Gasteiger partial charge in [0, 0.05) is 25.0 Å². The lowest BCUT2D eigenvalue weighted by atomic mass is 10.1. The zero-order valence-corrected chi connectivity index (χ0v) is 11.2. The van der Waals surface area contributed by atoms with Gasteiger partial charge in [0.05, 0.1) is 0 Å². The zero-order chi connectivity index (χ0) is 12.0. The Balaban J connectivity index is 2.55. The topological polar surface area (TPSA) is 17.0 Å². The molecule has 0 bridgehead atoms. The molecule has 1 unspecified atom stereocenters. The Hall–Kier alpha value is -0.760. The fourth-order valence-corrected chi connectivity index (χ4v) is 1.98. The van der Waals surface area contributed by atoms with Gasteiger partial charge in [-0.15, -0.1) is 0 Å². The lowest BCUT2D eigenvalue weighted by Crippen LogP contribution is -2.15. The second-order valence-electron chi connectivity index (χ2n) is 5.00. The molecule has 1 aromatic rings. The Labute approximate surface area is 100 Å². The van der Waals surface area contributed by atoms with Crippen LogP contribution in [0.25, 0.3) is 0 Å². The summed E-state index contributed by atoms with van der Waals surface area (Å²) in [6.45, 7) is 7.93. The number of nitrogens with zero attached hydrogens (tertiary/aromatic N) is 1. The fraction of sp³-hybridized carbons (Fsp3) is 0.714. The van der Waals surface area contributed by atoms with Crippen LogP contribution in [-0.4, -0.2) is 11.6 Å². The van der Waals surface area contributed by atoms with Crippen molar-refractivity contribution in [2.24, 2.45) is 5.92 Å². The first-order chi connectivity index (χ1) is 7.67. The van der Waals surface area contributed by atoms with Crippen molar-refractivity contribution in [1.82, 2.24) is 9.88 Å². The fourth-order valence-electron chi connectivity index (χ4n) is 1.98. The van der Waals surface area contributed by atoms with Gasteiger partial charge >= 0.3 is 0 Å². The van der Waals surface area contributed by atoms with E-state index in [0.717, 1.165) is 12.5 Å². The number of aromatic nitrogens is 1. The van der Waals surface area contributed by atoms with Gasteiger partial charge in [0.25, 0.3) is 0 Å². The monoisotopic (exact) mass is 222 g/mol. The lowest BCUT2D eigenvalue weighted by Gasteiger charge is -2.13. The standard InChI is InChI=1S/C14H26N2/c1-5-6-14(15-4)13-8-10-16(11-13)9-7-12(2)3/h8,10-12,14-15H,5-7,9H2,1-4H3. The van der Waals surface area contributed by atoms with E-state index < -0.39 is 0 Å². The molecule has 0 spiro atoms. The molecule has 0 aliphatic heterocycles. The molecule has 1 heterocycles. The lowest BCUT2D eigenvalue weighted by molar-refractivity contribution is 0.511. The minimum atomic E-state index is 0.519. The van der Waals surface area contributed by atoms with Crippen LogP contribution in [0.5, 0.6) is 0 Å². The van der Waals surface area contributed by atoms with Gasteiger partial charge in [-0.25, -0.2) is 0 Å². The van der Waals surface area contributed by atoms with Gasteiger partial charge in [0.1, 0.15) is 0 Å². The second-order valence-corrected chi connectivity index (χ2v) is 5.00. The minimum Gasteiger partial charge on any atom is -0.354 e. The highest BCUT2D eigenvalue weighted by Gasteiger charge is 2.09. The molecule has 0 radical (unpaired) electrons. The first-order valence-electron chi connectivity index (χ1n) is 6.50. The maximum Gasteiger partial charge on any atom is 0.0332 e. The predicted octanol–water partition coefficient (Wildman–Crippen LogP) is 3.59. The van der Waals surface area contributed by atoms with Gasteiger partial charge in [-0.05, 0) is 37.4 Å². The highest BCUT2D eigenvalue weighted by molar-refractivity contribution is 5.15. The van der Waals surface area contributed by atoms with Crippen LogP contribution in [0.4, 0.5) is 0 Å². The van der Waals surface area contributed by atoms with E-state index in [0.29, 0.717) is 6.04 Å². The summed E-state index contributed by atoms with van der Waals surface area (Å²) in [5.41, 5.74) is 1.42. The molecule has 1 aromatic heterocycles. The molecule has 1 atom stereocenters. The van der Waals surface area contributed by atoms with E-state index in [1.165, 1.54) is 24.8 Å². The molecule has 0 aliphatic rings. The molecule has 16 heavy (non-hydrogen) atoms. The maximum absolute atomic E-state index is 3.38. The summed E-state index contributed by atoms with van der Waals surface area (Å²) < 4.78 is 2.31. The van der Waals surface area contributed by atoms with Crippen molar-refractivity contribution in [3.05, 3.63) is 24.0 Å². The van der Waals surface area contributed by atoms with Crippen LogP contribution in [0, 0.1) is 5.92 Å². The smallest absolute Gasteiger partial charge is 0.0332 e. The van der Waals surface area contributed by atoms with Crippen LogP contribution in [0.1, 0.15) is 51.6 Å². The molecule has 1 N–H and O–H groups in total. The Kier molecular flexibility index (Phi) is 5.61. The van der Waals surface area contributed by atoms with E-state index in [9.17, 15) is 0 Å². The Morgan fingerprint density at radius 3 is 2.62 bits per heavy atom. The molecular weight excluding hydrogens is 196 g/mol. The summed E-state index contributed by atoms with van der Waals surface area (Å²) in [5.74, 6) is 0.779. The highest BCUT2D eigenvalue weighted by atomic mass is 14.9. The zero-order valence-electron chi connectivity index (χ0n) is 11.2. The molecule has 0 fully saturated rings. The third-order valence-electron chi connectivity index (χ3n) is 3.07. The summed E-state index contributed by atoms with van der Waals surface area (Å²) in [4.78, 5) is 0. The van der Waals surface area contributed by atoms with Crippen LogP contribution in [0.2, 0.25) is 0 Å². The number of nitrogens with one attached hydrogen (secondary N) is 1. The first-order valence-corrected chi connectivity index (χ1v) is 6.50. The van der Waals surface area contributed by atoms with Crippen molar-refractivity contribution in [3.8, 4) is 0 Å². The summed E-state index contributed by atoms with van der Waals surface area (Å²) in [6, 6.07) is 2.77. The molecule has 0 aromatic carbocycles. The molecule has 92 valence electrons. The average molecular weight is 222 g/mol. The van der Waals surface area contributed by atoms with Crippen molar-refractivity contribution < 1.29 is 0 Å². The predicted molar refractivity (Wildman–Crippen MR) is 70.6 cm³/mol. The number of hydrogen-bond acceptors (Lipinski definition) is 1. The summed E-state index contributed by atoms with van der Waals surface area (Å²) in [6.07, 6.45) is 8.19. The third kappa shape index (κ3) is 4.01. The third-order valence-corrected chi connectivity index (χ3v) is 3.07. The van der Waals surface area contributed by atoms with Crippen molar-refractivity contribution in [1.29, 1.82) is 0 Å². The van der Waals surface area contributed by atoms with Crippen molar-refractivity contribution in [3.63, 3.8) is 0 Å². The van der Waals surface area contributed by atoms with Gasteiger partial charge in [-0.2, -0.15) is 0 Å². The quantitative estimate of drug-likeness (QED) is 0.746. The second kappa shape index (κ2) is 6.74. The summed E-state index contributed by atoms with van der Waals surface area (Å²) in [5, 5.41) is 3.38. The van der Waals surface area contributed by atoms with Gasteiger partial charge in [0.15, 0.2) is 0 Å². The van der Waals surface area contributed by atoms with Crippen LogP contribution in [0.3, 0.4) is 0 Å². The van der Waals surface area contributed by atoms with E-state index in [1.54, 1.807) is 0 Å². The molecule has 2 nitrogen and oxygen atoms in total. The van der Waals surface area contributed by atoms with E-state index >= 15 is 0 Å². The molecule has 2 heteroatoms. The van der Waals surface area contributed by atoms with E-state index in [1.807, 2.05) is 7.05 Å². The Morgan fingerprint density at radius 1 is 1.31 bits per heavy atom. The molecule has 0 amide bonds. The van der Waals surface area contributed by atoms with Crippen LogP contribution in [-0.2, 0) is 6.54 Å². The van der Waals surface area contributed by atoms with E-state index in [4.69, 9.17) is 0 Å². The molecule has 0 aliphatic carbocycles. The van der Waals surface area contributed by atoms with E-state index in [-0.39, 0.29) is 0 Å². The van der Waals surface area contributed by atoms with Gasteiger partial charge in [-0.1, -0.05) is 27.2 Å². The normalized spacial score (nSPS) is 13.3. The highest BCUT2D eigenvalue weighted by Crippen LogP contribution is 2.18. The SMILES string of the molecule is CCCC(NC)c1ccn(CCC(C)C)c1. The van der Waals surface area contributed by atoms with Crippen LogP contribution in [0.15, 0.2) is 18.5 Å². The van der Waals surface area contributed by atoms with Crippen molar-refractivity contribution >= 4 is 0 Å². The summed E-state index contributed by atoms with van der Waals surface area (Å²) in [7, 11) is 2.05. The molecule has 0 saturated carbocycles. The molecule has 1 rings (SSSR count). The number of aryl methyl sites for hydroxylation is 1. The van der Waals surface area contributed by atoms with Gasteiger partial charge in [-0.3, -0.25) is 0 Å². The van der Waals surface area contributed by atoms with Crippen LogP contribution < -0.4 is 5.32 Å². The minimum absolute atomic E-state index is 0.519. The summed E-state index contributed by atoms with van der Waals surface area (Å²) >= 11 is 0. The van der Waals surface area contributed by atoms with Crippen molar-refractivity contribution in [2.45, 2.75) is 52.6 Å². The van der Waals surface area contributed by atoms with Gasteiger partial charge < -0.3 is 9.88 Å². The van der Waals surface area contributed by atoms with Gasteiger partial charge in [0.2, 0.25) is 0 Å². The van der Waals surface area contributed by atoms with Crippen molar-refractivity contribution in [2.75, 3.05) is 7.05 Å². The molecule has 0 saturated heterocycles. The largest absolute Gasteiger partial charge is 0.354 e. The average Bonchev–Trinajstić information content (AvgIpc) is 2.71. The Morgan fingerprint density at radius 2 is 2.06 bits per heavy atom. The first kappa shape index (κ1) is 13.3. The van der Waals surface area contributed by atoms with E-state index in [2.05, 4.69) is 49.1 Å². The van der Waals surface area contributed by atoms with Crippen LogP contribution >= 0.6 is 0 Å².